The minimum atomic E-state index is -0.438. The van der Waals surface area contributed by atoms with E-state index in [4.69, 9.17) is 5.73 Å². The molecule has 1 unspecified atom stereocenters. The summed E-state index contributed by atoms with van der Waals surface area (Å²) < 4.78 is 0.921. The van der Waals surface area contributed by atoms with Crippen LogP contribution >= 0.6 is 38.6 Å². The molecule has 3 nitrogen and oxygen atoms in total. The Hall–Kier alpha value is -0.690. The molecule has 0 spiro atoms. The van der Waals surface area contributed by atoms with E-state index in [0.717, 1.165) is 9.35 Å². The maximum Gasteiger partial charge on any atom is 0.240 e. The normalized spacial score (nSPS) is 12.5. The van der Waals surface area contributed by atoms with Crippen LogP contribution in [0.1, 0.15) is 15.8 Å². The van der Waals surface area contributed by atoms with Crippen molar-refractivity contribution in [2.24, 2.45) is 5.73 Å². The quantitative estimate of drug-likeness (QED) is 0.885. The minimum absolute atomic E-state index is 0.357. The van der Waals surface area contributed by atoms with Gasteiger partial charge in [-0.25, -0.2) is 0 Å². The van der Waals surface area contributed by atoms with Gasteiger partial charge in [-0.3, -0.25) is 10.1 Å². The van der Waals surface area contributed by atoms with Gasteiger partial charge in [0, 0.05) is 20.8 Å². The van der Waals surface area contributed by atoms with Crippen molar-refractivity contribution in [2.45, 2.75) is 12.6 Å². The Morgan fingerprint density at radius 1 is 1.41 bits per heavy atom. The van der Waals surface area contributed by atoms with Crippen LogP contribution in [0.4, 0.5) is 0 Å². The van der Waals surface area contributed by atoms with E-state index in [2.05, 4.69) is 21.2 Å². The van der Waals surface area contributed by atoms with Gasteiger partial charge in [-0.15, -0.1) is 22.7 Å². The minimum Gasteiger partial charge on any atom is -0.368 e. The SMILES string of the molecule is NC(=O)C(NCc1cccs1)c1sccc1Br. The van der Waals surface area contributed by atoms with Crippen molar-refractivity contribution in [3.05, 3.63) is 43.2 Å². The van der Waals surface area contributed by atoms with Crippen molar-refractivity contribution < 1.29 is 4.79 Å². The van der Waals surface area contributed by atoms with Gasteiger partial charge in [-0.1, -0.05) is 6.07 Å². The number of carbonyl (C=O) groups is 1. The third-order valence-corrected chi connectivity index (χ3v) is 5.06. The number of hydrogen-bond acceptors (Lipinski definition) is 4. The second-order valence-electron chi connectivity index (χ2n) is 3.43. The summed E-state index contributed by atoms with van der Waals surface area (Å²) in [5.41, 5.74) is 5.42. The van der Waals surface area contributed by atoms with Crippen LogP contribution in [-0.2, 0) is 11.3 Å². The zero-order valence-corrected chi connectivity index (χ0v) is 12.1. The molecule has 2 rings (SSSR count). The summed E-state index contributed by atoms with van der Waals surface area (Å²) in [6.07, 6.45) is 0. The van der Waals surface area contributed by atoms with Crippen LogP contribution in [0.25, 0.3) is 0 Å². The molecule has 2 heterocycles. The monoisotopic (exact) mass is 330 g/mol. The van der Waals surface area contributed by atoms with Crippen LogP contribution in [0.5, 0.6) is 0 Å². The first kappa shape index (κ1) is 12.8. The Kier molecular flexibility index (Phi) is 4.33. The van der Waals surface area contributed by atoms with Crippen molar-refractivity contribution in [3.8, 4) is 0 Å². The molecule has 0 fully saturated rings. The molecule has 17 heavy (non-hydrogen) atoms. The summed E-state index contributed by atoms with van der Waals surface area (Å²) in [5.74, 6) is -0.357. The predicted octanol–water partition coefficient (Wildman–Crippen LogP) is 2.89. The van der Waals surface area contributed by atoms with Gasteiger partial charge in [0.25, 0.3) is 0 Å². The van der Waals surface area contributed by atoms with E-state index in [0.29, 0.717) is 6.54 Å². The van der Waals surface area contributed by atoms with E-state index in [9.17, 15) is 4.79 Å². The molecular formula is C11H11BrN2OS2. The fraction of sp³-hybridized carbons (Fsp3) is 0.182. The van der Waals surface area contributed by atoms with E-state index >= 15 is 0 Å². The summed E-state index contributed by atoms with van der Waals surface area (Å²) in [7, 11) is 0. The molecule has 1 atom stereocenters. The number of thiophene rings is 2. The average Bonchev–Trinajstić information content (AvgIpc) is 2.91. The molecule has 0 bridgehead atoms. The highest BCUT2D eigenvalue weighted by Gasteiger charge is 2.20. The van der Waals surface area contributed by atoms with Crippen LogP contribution in [0.2, 0.25) is 0 Å². The van der Waals surface area contributed by atoms with Gasteiger partial charge in [0.1, 0.15) is 6.04 Å². The van der Waals surface area contributed by atoms with E-state index in [1.54, 1.807) is 11.3 Å². The number of carbonyl (C=O) groups excluding carboxylic acids is 1. The highest BCUT2D eigenvalue weighted by atomic mass is 79.9. The molecule has 2 aromatic rings. The van der Waals surface area contributed by atoms with Gasteiger partial charge in [0.2, 0.25) is 5.91 Å². The van der Waals surface area contributed by atoms with E-state index in [1.165, 1.54) is 16.2 Å². The van der Waals surface area contributed by atoms with Gasteiger partial charge < -0.3 is 5.73 Å². The smallest absolute Gasteiger partial charge is 0.240 e. The Morgan fingerprint density at radius 3 is 2.76 bits per heavy atom. The van der Waals surface area contributed by atoms with Gasteiger partial charge in [-0.05, 0) is 38.8 Å². The summed E-state index contributed by atoms with van der Waals surface area (Å²) in [5, 5.41) is 7.13. The van der Waals surface area contributed by atoms with E-state index in [-0.39, 0.29) is 5.91 Å². The van der Waals surface area contributed by atoms with Crippen molar-refractivity contribution in [1.82, 2.24) is 5.32 Å². The number of primary amides is 1. The maximum absolute atomic E-state index is 11.5. The van der Waals surface area contributed by atoms with Crippen LogP contribution in [-0.4, -0.2) is 5.91 Å². The van der Waals surface area contributed by atoms with Crippen molar-refractivity contribution in [3.63, 3.8) is 0 Å². The molecule has 0 radical (unpaired) electrons. The highest BCUT2D eigenvalue weighted by Crippen LogP contribution is 2.29. The lowest BCUT2D eigenvalue weighted by Gasteiger charge is -2.13. The van der Waals surface area contributed by atoms with Gasteiger partial charge in [0.15, 0.2) is 0 Å². The average molecular weight is 331 g/mol. The van der Waals surface area contributed by atoms with Crippen LogP contribution in [0.15, 0.2) is 33.4 Å². The first-order valence-corrected chi connectivity index (χ1v) is 7.51. The lowest BCUT2D eigenvalue weighted by atomic mass is 10.2. The molecule has 0 saturated carbocycles. The number of nitrogens with two attached hydrogens (primary N) is 1. The molecule has 0 aliphatic rings. The number of nitrogens with one attached hydrogen (secondary N) is 1. The molecule has 6 heteroatoms. The molecule has 90 valence electrons. The Morgan fingerprint density at radius 2 is 2.24 bits per heavy atom. The van der Waals surface area contributed by atoms with Gasteiger partial charge >= 0.3 is 0 Å². The van der Waals surface area contributed by atoms with Gasteiger partial charge in [-0.2, -0.15) is 0 Å². The highest BCUT2D eigenvalue weighted by molar-refractivity contribution is 9.10. The topological polar surface area (TPSA) is 55.1 Å². The lowest BCUT2D eigenvalue weighted by molar-refractivity contribution is -0.120. The molecule has 0 aromatic carbocycles. The third kappa shape index (κ3) is 3.16. The summed E-state index contributed by atoms with van der Waals surface area (Å²) in [6, 6.07) is 5.50. The summed E-state index contributed by atoms with van der Waals surface area (Å²) in [6.45, 7) is 0.648. The standard InChI is InChI=1S/C11H11BrN2OS2/c12-8-3-5-17-10(8)9(11(13)15)14-6-7-2-1-4-16-7/h1-5,9,14H,6H2,(H2,13,15). The van der Waals surface area contributed by atoms with E-state index < -0.39 is 6.04 Å². The lowest BCUT2D eigenvalue weighted by Crippen LogP contribution is -2.32. The van der Waals surface area contributed by atoms with Crippen LogP contribution < -0.4 is 11.1 Å². The Labute approximate surface area is 116 Å². The molecular weight excluding hydrogens is 320 g/mol. The molecule has 1 amide bonds. The largest absolute Gasteiger partial charge is 0.368 e. The fourth-order valence-electron chi connectivity index (χ4n) is 1.45. The third-order valence-electron chi connectivity index (χ3n) is 2.25. The first-order chi connectivity index (χ1) is 8.18. The zero-order valence-electron chi connectivity index (χ0n) is 8.85. The van der Waals surface area contributed by atoms with Gasteiger partial charge in [0.05, 0.1) is 0 Å². The molecule has 0 aliphatic carbocycles. The van der Waals surface area contributed by atoms with Crippen LogP contribution in [0, 0.1) is 0 Å². The second kappa shape index (κ2) is 5.77. The van der Waals surface area contributed by atoms with Crippen LogP contribution in [0.3, 0.4) is 0 Å². The maximum atomic E-state index is 11.5. The number of rotatable bonds is 5. The molecule has 3 N–H and O–H groups in total. The zero-order chi connectivity index (χ0) is 12.3. The Balaban J connectivity index is 2.09. The Bertz CT molecular complexity index is 495. The number of amides is 1. The number of halogens is 1. The van der Waals surface area contributed by atoms with Crippen molar-refractivity contribution >= 4 is 44.5 Å². The first-order valence-electron chi connectivity index (χ1n) is 4.96. The summed E-state index contributed by atoms with van der Waals surface area (Å²) in [4.78, 5) is 13.6. The van der Waals surface area contributed by atoms with Crippen molar-refractivity contribution in [2.75, 3.05) is 0 Å². The van der Waals surface area contributed by atoms with E-state index in [1.807, 2.05) is 29.0 Å². The van der Waals surface area contributed by atoms with Crippen molar-refractivity contribution in [1.29, 1.82) is 0 Å². The molecule has 0 aliphatic heterocycles. The second-order valence-corrected chi connectivity index (χ2v) is 6.26. The molecule has 0 saturated heterocycles. The number of hydrogen-bond donors (Lipinski definition) is 2. The molecule has 2 aromatic heterocycles. The summed E-state index contributed by atoms with van der Waals surface area (Å²) >= 11 is 6.59. The predicted molar refractivity (Wildman–Crippen MR) is 75.1 cm³/mol. The fourth-order valence-corrected chi connectivity index (χ4v) is 3.79.